The molecule has 0 aromatic rings. The van der Waals surface area contributed by atoms with E-state index in [1.807, 2.05) is 0 Å². The molecule has 3 atom stereocenters. The van der Waals surface area contributed by atoms with E-state index in [1.54, 1.807) is 0 Å². The van der Waals surface area contributed by atoms with Gasteiger partial charge in [-0.05, 0) is 30.1 Å². The molecule has 112 valence electrons. The Morgan fingerprint density at radius 1 is 1.47 bits per heavy atom. The van der Waals surface area contributed by atoms with Crippen LogP contribution in [0.5, 0.6) is 0 Å². The van der Waals surface area contributed by atoms with Crippen molar-refractivity contribution in [3.63, 3.8) is 0 Å². The second kappa shape index (κ2) is 6.25. The summed E-state index contributed by atoms with van der Waals surface area (Å²) >= 11 is 0. The first kappa shape index (κ1) is 16.5. The Labute approximate surface area is 118 Å². The minimum atomic E-state index is -0.369. The highest BCUT2D eigenvalue weighted by Crippen LogP contribution is 2.33. The summed E-state index contributed by atoms with van der Waals surface area (Å²) in [6, 6.07) is 0. The number of hydrogen-bond acceptors (Lipinski definition) is 2. The molecule has 0 saturated heterocycles. The number of hydrogen-bond donors (Lipinski definition) is 2. The third-order valence-electron chi connectivity index (χ3n) is 4.77. The number of amides is 1. The lowest BCUT2D eigenvalue weighted by atomic mass is 9.76. The van der Waals surface area contributed by atoms with Crippen molar-refractivity contribution in [1.29, 1.82) is 0 Å². The number of aliphatic hydroxyl groups is 1. The smallest absolute Gasteiger partial charge is 0.220 e. The molecule has 0 aliphatic heterocycles. The molecule has 0 heterocycles. The van der Waals surface area contributed by atoms with Crippen molar-refractivity contribution in [2.45, 2.75) is 72.3 Å². The van der Waals surface area contributed by atoms with E-state index in [9.17, 15) is 9.90 Å². The molecule has 0 spiro atoms. The minimum absolute atomic E-state index is 0.0625. The third kappa shape index (κ3) is 4.79. The molecule has 0 radical (unpaired) electrons. The number of aliphatic hydroxyl groups excluding tert-OH is 1. The van der Waals surface area contributed by atoms with Gasteiger partial charge in [0.2, 0.25) is 5.91 Å². The molecular weight excluding hydrogens is 238 g/mol. The van der Waals surface area contributed by atoms with Gasteiger partial charge in [0.25, 0.3) is 0 Å². The van der Waals surface area contributed by atoms with Gasteiger partial charge in [-0.2, -0.15) is 0 Å². The van der Waals surface area contributed by atoms with E-state index in [-0.39, 0.29) is 23.5 Å². The Morgan fingerprint density at radius 2 is 2.11 bits per heavy atom. The van der Waals surface area contributed by atoms with E-state index >= 15 is 0 Å². The van der Waals surface area contributed by atoms with Crippen molar-refractivity contribution in [3.05, 3.63) is 0 Å². The standard InChI is InChI=1S/C16H31NO2/c1-12-7-6-8-16(10-12,11-18)17-14(19)9-13(2)15(3,4)5/h12-13,18H,6-11H2,1-5H3,(H,17,19). The van der Waals surface area contributed by atoms with Gasteiger partial charge in [0.15, 0.2) is 0 Å². The molecule has 0 bridgehead atoms. The normalized spacial score (nSPS) is 29.9. The molecule has 1 fully saturated rings. The highest BCUT2D eigenvalue weighted by atomic mass is 16.3. The zero-order chi connectivity index (χ0) is 14.7. The second-order valence-electron chi connectivity index (χ2n) is 7.66. The average molecular weight is 269 g/mol. The maximum absolute atomic E-state index is 12.2. The van der Waals surface area contributed by atoms with Crippen molar-refractivity contribution in [2.75, 3.05) is 6.61 Å². The lowest BCUT2D eigenvalue weighted by Crippen LogP contribution is -2.54. The van der Waals surface area contributed by atoms with E-state index in [2.05, 4.69) is 39.9 Å². The Kier molecular flexibility index (Phi) is 5.43. The molecule has 3 unspecified atom stereocenters. The molecule has 1 aliphatic rings. The van der Waals surface area contributed by atoms with Crippen molar-refractivity contribution >= 4 is 5.91 Å². The quantitative estimate of drug-likeness (QED) is 0.824. The summed E-state index contributed by atoms with van der Waals surface area (Å²) < 4.78 is 0. The van der Waals surface area contributed by atoms with Crippen LogP contribution in [0.25, 0.3) is 0 Å². The largest absolute Gasteiger partial charge is 0.394 e. The molecule has 1 amide bonds. The van der Waals surface area contributed by atoms with Gasteiger partial charge in [-0.15, -0.1) is 0 Å². The van der Waals surface area contributed by atoms with Crippen LogP contribution < -0.4 is 5.32 Å². The van der Waals surface area contributed by atoms with Crippen LogP contribution in [0.4, 0.5) is 0 Å². The third-order valence-corrected chi connectivity index (χ3v) is 4.77. The van der Waals surface area contributed by atoms with Crippen LogP contribution in [-0.4, -0.2) is 23.2 Å². The zero-order valence-corrected chi connectivity index (χ0v) is 13.3. The monoisotopic (exact) mass is 269 g/mol. The predicted molar refractivity (Wildman–Crippen MR) is 78.8 cm³/mol. The molecule has 1 aliphatic carbocycles. The lowest BCUT2D eigenvalue weighted by molar-refractivity contribution is -0.126. The summed E-state index contributed by atoms with van der Waals surface area (Å²) in [7, 11) is 0. The zero-order valence-electron chi connectivity index (χ0n) is 13.3. The first-order chi connectivity index (χ1) is 8.68. The van der Waals surface area contributed by atoms with Crippen LogP contribution in [0.2, 0.25) is 0 Å². The summed E-state index contributed by atoms with van der Waals surface area (Å²) in [6.07, 6.45) is 4.65. The van der Waals surface area contributed by atoms with Gasteiger partial charge >= 0.3 is 0 Å². The van der Waals surface area contributed by atoms with E-state index in [0.717, 1.165) is 19.3 Å². The summed E-state index contributed by atoms with van der Waals surface area (Å²) in [6.45, 7) is 10.9. The van der Waals surface area contributed by atoms with Crippen LogP contribution in [0.1, 0.15) is 66.7 Å². The molecule has 2 N–H and O–H groups in total. The molecule has 0 aromatic carbocycles. The van der Waals surface area contributed by atoms with E-state index in [1.165, 1.54) is 6.42 Å². The second-order valence-corrected chi connectivity index (χ2v) is 7.66. The predicted octanol–water partition coefficient (Wildman–Crippen LogP) is 3.12. The number of rotatable bonds is 4. The van der Waals surface area contributed by atoms with Gasteiger partial charge in [-0.25, -0.2) is 0 Å². The van der Waals surface area contributed by atoms with Crippen LogP contribution in [0.15, 0.2) is 0 Å². The van der Waals surface area contributed by atoms with Crippen molar-refractivity contribution in [1.82, 2.24) is 5.32 Å². The summed E-state index contributed by atoms with van der Waals surface area (Å²) in [5.74, 6) is 1.01. The number of carbonyl (C=O) groups is 1. The highest BCUT2D eigenvalue weighted by Gasteiger charge is 2.36. The topological polar surface area (TPSA) is 49.3 Å². The van der Waals surface area contributed by atoms with E-state index < -0.39 is 0 Å². The lowest BCUT2D eigenvalue weighted by Gasteiger charge is -2.40. The van der Waals surface area contributed by atoms with Crippen LogP contribution >= 0.6 is 0 Å². The number of carbonyl (C=O) groups excluding carboxylic acids is 1. The van der Waals surface area contributed by atoms with Gasteiger partial charge < -0.3 is 10.4 Å². The van der Waals surface area contributed by atoms with Gasteiger partial charge in [-0.3, -0.25) is 4.79 Å². The summed E-state index contributed by atoms with van der Waals surface area (Å²) in [5.41, 5.74) is -0.226. The SMILES string of the molecule is CC1CCCC(CO)(NC(=O)CC(C)C(C)(C)C)C1. The minimum Gasteiger partial charge on any atom is -0.394 e. The van der Waals surface area contributed by atoms with Crippen molar-refractivity contribution in [3.8, 4) is 0 Å². The molecular formula is C16H31NO2. The van der Waals surface area contributed by atoms with Crippen molar-refractivity contribution < 1.29 is 9.90 Å². The van der Waals surface area contributed by atoms with Crippen LogP contribution in [0, 0.1) is 17.3 Å². The molecule has 0 aromatic heterocycles. The highest BCUT2D eigenvalue weighted by molar-refractivity contribution is 5.77. The Bertz CT molecular complexity index is 308. The van der Waals surface area contributed by atoms with Gasteiger partial charge in [0.1, 0.15) is 0 Å². The van der Waals surface area contributed by atoms with Gasteiger partial charge in [0, 0.05) is 6.42 Å². The molecule has 3 heteroatoms. The average Bonchev–Trinajstić information content (AvgIpc) is 2.27. The van der Waals surface area contributed by atoms with Gasteiger partial charge in [0.05, 0.1) is 12.1 Å². The Hall–Kier alpha value is -0.570. The van der Waals surface area contributed by atoms with Gasteiger partial charge in [-0.1, -0.05) is 47.5 Å². The fraction of sp³-hybridized carbons (Fsp3) is 0.938. The maximum Gasteiger partial charge on any atom is 0.220 e. The summed E-state index contributed by atoms with van der Waals surface area (Å²) in [4.78, 5) is 12.2. The number of nitrogens with one attached hydrogen (secondary N) is 1. The van der Waals surface area contributed by atoms with Crippen molar-refractivity contribution in [2.24, 2.45) is 17.3 Å². The first-order valence-electron chi connectivity index (χ1n) is 7.60. The molecule has 1 saturated carbocycles. The first-order valence-corrected chi connectivity index (χ1v) is 7.60. The van der Waals surface area contributed by atoms with E-state index in [4.69, 9.17) is 0 Å². The summed E-state index contributed by atoms with van der Waals surface area (Å²) in [5, 5.41) is 12.8. The van der Waals surface area contributed by atoms with Crippen LogP contribution in [-0.2, 0) is 4.79 Å². The maximum atomic E-state index is 12.2. The fourth-order valence-electron chi connectivity index (χ4n) is 2.89. The van der Waals surface area contributed by atoms with Crippen LogP contribution in [0.3, 0.4) is 0 Å². The molecule has 19 heavy (non-hydrogen) atoms. The Morgan fingerprint density at radius 3 is 2.58 bits per heavy atom. The van der Waals surface area contributed by atoms with E-state index in [0.29, 0.717) is 18.3 Å². The molecule has 1 rings (SSSR count). The fourth-order valence-corrected chi connectivity index (χ4v) is 2.89. The molecule has 3 nitrogen and oxygen atoms in total. The Balaban J connectivity index is 2.58.